The highest BCUT2D eigenvalue weighted by molar-refractivity contribution is 5.92. The molecule has 1 atom stereocenters. The van der Waals surface area contributed by atoms with E-state index in [1.807, 2.05) is 18.2 Å². The molecule has 0 radical (unpaired) electrons. The molecule has 2 aliphatic rings. The van der Waals surface area contributed by atoms with E-state index in [1.165, 1.54) is 0 Å². The number of piperidine rings is 1. The molecule has 1 unspecified atom stereocenters. The van der Waals surface area contributed by atoms with Crippen LogP contribution >= 0.6 is 0 Å². The minimum atomic E-state index is -0.393. The van der Waals surface area contributed by atoms with Gasteiger partial charge in [-0.2, -0.15) is 0 Å². The second-order valence-corrected chi connectivity index (χ2v) is 7.56. The van der Waals surface area contributed by atoms with Crippen molar-refractivity contribution in [2.24, 2.45) is 5.73 Å². The zero-order valence-corrected chi connectivity index (χ0v) is 16.6. The minimum Gasteiger partial charge on any atom is -0.378 e. The number of morpholine rings is 1. The van der Waals surface area contributed by atoms with E-state index in [0.29, 0.717) is 18.2 Å². The monoisotopic (exact) mass is 396 g/mol. The zero-order valence-electron chi connectivity index (χ0n) is 16.6. The Morgan fingerprint density at radius 1 is 1.14 bits per heavy atom. The molecule has 1 amide bonds. The number of amides is 1. The summed E-state index contributed by atoms with van der Waals surface area (Å²) in [5, 5.41) is 3.62. The topological polar surface area (TPSA) is 96.6 Å². The second kappa shape index (κ2) is 9.19. The van der Waals surface area contributed by atoms with Crippen molar-refractivity contribution in [1.82, 2.24) is 15.3 Å². The van der Waals surface area contributed by atoms with E-state index in [9.17, 15) is 4.79 Å². The number of anilines is 2. The summed E-state index contributed by atoms with van der Waals surface area (Å²) in [4.78, 5) is 24.9. The molecule has 8 heteroatoms. The first kappa shape index (κ1) is 19.6. The van der Waals surface area contributed by atoms with Gasteiger partial charge in [-0.1, -0.05) is 12.1 Å². The lowest BCUT2D eigenvalue weighted by atomic mass is 10.0. The van der Waals surface area contributed by atoms with Crippen molar-refractivity contribution in [2.45, 2.75) is 25.4 Å². The first-order chi connectivity index (χ1) is 14.2. The van der Waals surface area contributed by atoms with Gasteiger partial charge in [-0.25, -0.2) is 9.97 Å². The van der Waals surface area contributed by atoms with E-state index in [0.717, 1.165) is 69.4 Å². The summed E-state index contributed by atoms with van der Waals surface area (Å²) in [7, 11) is 0. The van der Waals surface area contributed by atoms with Crippen LogP contribution in [-0.4, -0.2) is 61.3 Å². The highest BCUT2D eigenvalue weighted by Gasteiger charge is 2.22. The summed E-state index contributed by atoms with van der Waals surface area (Å²) < 4.78 is 5.44. The molecule has 1 aromatic heterocycles. The molecule has 8 nitrogen and oxygen atoms in total. The number of hydrogen-bond donors (Lipinski definition) is 2. The van der Waals surface area contributed by atoms with Crippen molar-refractivity contribution < 1.29 is 9.53 Å². The fourth-order valence-corrected chi connectivity index (χ4v) is 3.92. The molecular formula is C21H28N6O2. The van der Waals surface area contributed by atoms with Crippen LogP contribution in [0.4, 0.5) is 11.6 Å². The van der Waals surface area contributed by atoms with Gasteiger partial charge in [-0.3, -0.25) is 4.79 Å². The third-order valence-corrected chi connectivity index (χ3v) is 5.53. The number of aromatic nitrogens is 2. The van der Waals surface area contributed by atoms with Gasteiger partial charge in [0.2, 0.25) is 5.91 Å². The number of nitrogens with zero attached hydrogens (tertiary/aromatic N) is 4. The van der Waals surface area contributed by atoms with E-state index in [1.54, 1.807) is 12.4 Å². The molecule has 29 heavy (non-hydrogen) atoms. The van der Waals surface area contributed by atoms with Crippen molar-refractivity contribution >= 4 is 17.5 Å². The molecule has 0 saturated carbocycles. The predicted octanol–water partition coefficient (Wildman–Crippen LogP) is 1.17. The second-order valence-electron chi connectivity index (χ2n) is 7.56. The van der Waals surface area contributed by atoms with Gasteiger partial charge < -0.3 is 25.6 Å². The number of hydrogen-bond acceptors (Lipinski definition) is 7. The number of primary amides is 1. The first-order valence-corrected chi connectivity index (χ1v) is 10.2. The van der Waals surface area contributed by atoms with E-state index < -0.39 is 5.91 Å². The predicted molar refractivity (Wildman–Crippen MR) is 112 cm³/mol. The number of nitrogens with one attached hydrogen (secondary N) is 1. The van der Waals surface area contributed by atoms with Gasteiger partial charge in [0.05, 0.1) is 13.2 Å². The highest BCUT2D eigenvalue weighted by Crippen LogP contribution is 2.22. The van der Waals surface area contributed by atoms with E-state index in [4.69, 9.17) is 10.5 Å². The van der Waals surface area contributed by atoms with Crippen molar-refractivity contribution in [3.05, 3.63) is 47.8 Å². The molecule has 154 valence electrons. The molecule has 0 aliphatic carbocycles. The van der Waals surface area contributed by atoms with Gasteiger partial charge in [-0.05, 0) is 30.5 Å². The molecule has 1 aromatic carbocycles. The van der Waals surface area contributed by atoms with Crippen LogP contribution in [0.5, 0.6) is 0 Å². The zero-order chi connectivity index (χ0) is 20.1. The molecule has 0 bridgehead atoms. The van der Waals surface area contributed by atoms with E-state index >= 15 is 0 Å². The third-order valence-electron chi connectivity index (χ3n) is 5.53. The fraction of sp³-hybridized carbons (Fsp3) is 0.476. The van der Waals surface area contributed by atoms with Crippen LogP contribution in [0.2, 0.25) is 0 Å². The molecule has 3 heterocycles. The Labute approximate surface area is 171 Å². The molecule has 2 fully saturated rings. The number of ether oxygens (including phenoxy) is 1. The number of benzene rings is 1. The lowest BCUT2D eigenvalue weighted by Crippen LogP contribution is -2.46. The van der Waals surface area contributed by atoms with Gasteiger partial charge >= 0.3 is 0 Å². The Hall–Kier alpha value is -2.71. The first-order valence-electron chi connectivity index (χ1n) is 10.2. The molecule has 2 saturated heterocycles. The van der Waals surface area contributed by atoms with Crippen LogP contribution in [0.1, 0.15) is 28.8 Å². The van der Waals surface area contributed by atoms with Crippen LogP contribution in [0.3, 0.4) is 0 Å². The van der Waals surface area contributed by atoms with Crippen molar-refractivity contribution in [2.75, 3.05) is 49.2 Å². The van der Waals surface area contributed by atoms with Gasteiger partial charge in [-0.15, -0.1) is 0 Å². The maximum absolute atomic E-state index is 11.4. The number of rotatable bonds is 6. The summed E-state index contributed by atoms with van der Waals surface area (Å²) >= 11 is 0. The lowest BCUT2D eigenvalue weighted by molar-refractivity contribution is 0.1000. The van der Waals surface area contributed by atoms with E-state index in [2.05, 4.69) is 31.2 Å². The summed E-state index contributed by atoms with van der Waals surface area (Å²) in [5.41, 5.74) is 6.99. The van der Waals surface area contributed by atoms with Crippen LogP contribution in [0, 0.1) is 0 Å². The summed E-state index contributed by atoms with van der Waals surface area (Å²) in [6.07, 6.45) is 3.88. The van der Waals surface area contributed by atoms with Gasteiger partial charge in [0, 0.05) is 50.4 Å². The van der Waals surface area contributed by atoms with Crippen LogP contribution in [0.25, 0.3) is 0 Å². The van der Waals surface area contributed by atoms with Crippen LogP contribution in [0.15, 0.2) is 36.7 Å². The van der Waals surface area contributed by atoms with Crippen LogP contribution < -0.4 is 20.9 Å². The summed E-state index contributed by atoms with van der Waals surface area (Å²) in [5.74, 6) is 1.55. The number of nitrogens with two attached hydrogens (primary N) is 1. The fourth-order valence-electron chi connectivity index (χ4n) is 3.92. The smallest absolute Gasteiger partial charge is 0.248 e. The maximum Gasteiger partial charge on any atom is 0.248 e. The maximum atomic E-state index is 11.4. The molecule has 4 rings (SSSR count). The number of carbonyl (C=O) groups excluding carboxylic acids is 1. The van der Waals surface area contributed by atoms with Crippen LogP contribution in [-0.2, 0) is 11.3 Å². The van der Waals surface area contributed by atoms with Gasteiger partial charge in [0.15, 0.2) is 0 Å². The normalized spacial score (nSPS) is 19.9. The average molecular weight is 396 g/mol. The molecule has 2 aromatic rings. The Balaban J connectivity index is 1.37. The minimum absolute atomic E-state index is 0.364. The average Bonchev–Trinajstić information content (AvgIpc) is 2.79. The molecule has 3 N–H and O–H groups in total. The molecule has 2 aliphatic heterocycles. The van der Waals surface area contributed by atoms with Gasteiger partial charge in [0.1, 0.15) is 18.0 Å². The largest absolute Gasteiger partial charge is 0.378 e. The Morgan fingerprint density at radius 2 is 1.93 bits per heavy atom. The Bertz CT molecular complexity index is 839. The highest BCUT2D eigenvalue weighted by atomic mass is 16.5. The Morgan fingerprint density at radius 3 is 2.72 bits per heavy atom. The van der Waals surface area contributed by atoms with Crippen molar-refractivity contribution in [3.8, 4) is 0 Å². The lowest BCUT2D eigenvalue weighted by Gasteiger charge is -2.35. The van der Waals surface area contributed by atoms with Crippen molar-refractivity contribution in [3.63, 3.8) is 0 Å². The number of carbonyl (C=O) groups is 1. The van der Waals surface area contributed by atoms with Crippen molar-refractivity contribution in [1.29, 1.82) is 0 Å². The molecule has 0 spiro atoms. The third kappa shape index (κ3) is 5.02. The standard InChI is InChI=1S/C21H28N6O2/c22-21(28)17-4-1-3-16(11-17)13-23-18-5-2-6-27(14-18)20-12-19(24-15-25-20)26-7-9-29-10-8-26/h1,3-4,11-12,15,18,23H,2,5-10,13-14H2,(H2,22,28). The van der Waals surface area contributed by atoms with E-state index in [-0.39, 0.29) is 0 Å². The Kier molecular flexibility index (Phi) is 6.21. The SMILES string of the molecule is NC(=O)c1cccc(CNC2CCCN(c3cc(N4CCOCC4)ncn3)C2)c1. The quantitative estimate of drug-likeness (QED) is 0.757. The summed E-state index contributed by atoms with van der Waals surface area (Å²) in [6, 6.07) is 9.94. The summed E-state index contributed by atoms with van der Waals surface area (Å²) in [6.45, 7) is 5.82. The molecular weight excluding hydrogens is 368 g/mol. The van der Waals surface area contributed by atoms with Gasteiger partial charge in [0.25, 0.3) is 0 Å².